The summed E-state index contributed by atoms with van der Waals surface area (Å²) in [5.74, 6) is 0.545. The van der Waals surface area contributed by atoms with Crippen LogP contribution in [0.1, 0.15) is 28.7 Å². The van der Waals surface area contributed by atoms with Gasteiger partial charge in [0.2, 0.25) is 10.6 Å². The van der Waals surface area contributed by atoms with E-state index in [-0.39, 0.29) is 11.0 Å². The Morgan fingerprint density at radius 3 is 2.79 bits per heavy atom. The van der Waals surface area contributed by atoms with Crippen LogP contribution in [0.25, 0.3) is 27.6 Å². The lowest BCUT2D eigenvalue weighted by Gasteiger charge is -2.12. The fourth-order valence-electron chi connectivity index (χ4n) is 3.58. The average molecular weight is 461 g/mol. The van der Waals surface area contributed by atoms with E-state index in [1.54, 1.807) is 46.0 Å². The van der Waals surface area contributed by atoms with Crippen molar-refractivity contribution in [2.75, 3.05) is 5.32 Å². The second-order valence-corrected chi connectivity index (χ2v) is 8.35. The first-order valence-corrected chi connectivity index (χ1v) is 11.2. The van der Waals surface area contributed by atoms with Gasteiger partial charge in [0.15, 0.2) is 5.76 Å². The monoisotopic (exact) mass is 460 g/mol. The number of hydrogen-bond donors (Lipinski definition) is 1. The minimum absolute atomic E-state index is 0.0378. The number of aromatic nitrogens is 5. The summed E-state index contributed by atoms with van der Waals surface area (Å²) in [4.78, 5) is 35.3. The quantitative estimate of drug-likeness (QED) is 0.421. The lowest BCUT2D eigenvalue weighted by Crippen LogP contribution is -2.25. The molecule has 5 rings (SSSR count). The Hall–Kier alpha value is -4.05. The molecule has 1 N–H and O–H groups in total. The molecule has 0 atom stereocenters. The lowest BCUT2D eigenvalue weighted by molar-refractivity contribution is 0.102. The van der Waals surface area contributed by atoms with Crippen LogP contribution in [0.3, 0.4) is 0 Å². The molecule has 10 heteroatoms. The van der Waals surface area contributed by atoms with Gasteiger partial charge in [0.25, 0.3) is 5.91 Å². The van der Waals surface area contributed by atoms with E-state index < -0.39 is 5.91 Å². The summed E-state index contributed by atoms with van der Waals surface area (Å²) >= 11 is 1.37. The third-order valence-corrected chi connectivity index (χ3v) is 5.98. The summed E-state index contributed by atoms with van der Waals surface area (Å²) in [6, 6.07) is 8.83. The number of nitrogens with one attached hydrogen (secondary N) is 1. The molecular weight excluding hydrogens is 440 g/mol. The Morgan fingerprint density at radius 2 is 2.03 bits per heavy atom. The van der Waals surface area contributed by atoms with E-state index in [1.807, 2.05) is 32.2 Å². The van der Waals surface area contributed by atoms with Gasteiger partial charge in [-0.15, -0.1) is 11.3 Å². The van der Waals surface area contributed by atoms with Gasteiger partial charge in [0.05, 0.1) is 17.3 Å². The van der Waals surface area contributed by atoms with E-state index >= 15 is 0 Å². The molecule has 1 amide bonds. The van der Waals surface area contributed by atoms with Gasteiger partial charge in [-0.05, 0) is 45.0 Å². The van der Waals surface area contributed by atoms with Gasteiger partial charge in [-0.1, -0.05) is 0 Å². The standard InChI is InChI=1S/C23H20N6O3S/c1-4-28-11-16(20(30)15-8-7-13(2)24-21(15)28)22(31)26-19-10-14(3)27-29(19)23-25-17(12-33-23)18-6-5-9-32-18/h5-12H,4H2,1-3H3,(H,26,31). The summed E-state index contributed by atoms with van der Waals surface area (Å²) < 4.78 is 8.76. The zero-order valence-electron chi connectivity index (χ0n) is 18.2. The Bertz CT molecular complexity index is 1540. The summed E-state index contributed by atoms with van der Waals surface area (Å²) in [5, 5.41) is 10.1. The summed E-state index contributed by atoms with van der Waals surface area (Å²) in [6.45, 7) is 6.19. The number of nitrogens with zero attached hydrogens (tertiary/aromatic N) is 5. The molecule has 0 saturated carbocycles. The average Bonchev–Trinajstić information content (AvgIpc) is 3.54. The fourth-order valence-corrected chi connectivity index (χ4v) is 4.36. The van der Waals surface area contributed by atoms with Crippen molar-refractivity contribution in [1.29, 1.82) is 0 Å². The number of hydrogen-bond acceptors (Lipinski definition) is 7. The molecule has 5 aromatic rings. The number of rotatable bonds is 5. The minimum Gasteiger partial charge on any atom is -0.463 e. The van der Waals surface area contributed by atoms with Gasteiger partial charge in [0, 0.05) is 29.9 Å². The second kappa shape index (κ2) is 8.14. The molecular formula is C23H20N6O3S. The van der Waals surface area contributed by atoms with Crippen LogP contribution in [-0.4, -0.2) is 30.2 Å². The third kappa shape index (κ3) is 3.74. The molecule has 0 fully saturated rings. The van der Waals surface area contributed by atoms with Crippen LogP contribution in [0.15, 0.2) is 57.4 Å². The zero-order chi connectivity index (χ0) is 23.1. The van der Waals surface area contributed by atoms with Gasteiger partial charge in [0.1, 0.15) is 22.7 Å². The fraction of sp³-hybridized carbons (Fsp3) is 0.174. The van der Waals surface area contributed by atoms with Crippen molar-refractivity contribution < 1.29 is 9.21 Å². The van der Waals surface area contributed by atoms with Crippen LogP contribution in [-0.2, 0) is 6.54 Å². The molecule has 0 aliphatic carbocycles. The maximum atomic E-state index is 13.2. The maximum absolute atomic E-state index is 13.2. The number of carbonyl (C=O) groups is 1. The number of furan rings is 1. The van der Waals surface area contributed by atoms with Crippen molar-refractivity contribution in [1.82, 2.24) is 24.3 Å². The van der Waals surface area contributed by atoms with Crippen molar-refractivity contribution in [3.8, 4) is 16.6 Å². The van der Waals surface area contributed by atoms with Crippen LogP contribution in [0.2, 0.25) is 0 Å². The predicted molar refractivity (Wildman–Crippen MR) is 126 cm³/mol. The molecule has 0 aliphatic heterocycles. The topological polar surface area (TPSA) is 108 Å². The Morgan fingerprint density at radius 1 is 1.18 bits per heavy atom. The summed E-state index contributed by atoms with van der Waals surface area (Å²) in [5.41, 5.74) is 2.41. The lowest BCUT2D eigenvalue weighted by atomic mass is 10.1. The number of anilines is 1. The number of fused-ring (bicyclic) bond motifs is 1. The minimum atomic E-state index is -0.520. The highest BCUT2D eigenvalue weighted by Gasteiger charge is 2.20. The number of aryl methyl sites for hydroxylation is 3. The molecule has 0 aromatic carbocycles. The normalized spacial score (nSPS) is 11.2. The molecule has 0 spiro atoms. The van der Waals surface area contributed by atoms with Crippen LogP contribution in [0.4, 0.5) is 5.82 Å². The smallest absolute Gasteiger partial charge is 0.262 e. The van der Waals surface area contributed by atoms with Crippen molar-refractivity contribution in [3.05, 3.63) is 75.3 Å². The second-order valence-electron chi connectivity index (χ2n) is 7.51. The van der Waals surface area contributed by atoms with Crippen LogP contribution < -0.4 is 10.7 Å². The third-order valence-electron chi connectivity index (χ3n) is 5.17. The number of pyridine rings is 2. The molecule has 0 bridgehead atoms. The highest BCUT2D eigenvalue weighted by Crippen LogP contribution is 2.26. The number of thiazole rings is 1. The SMILES string of the molecule is CCn1cc(C(=O)Nc2cc(C)nn2-c2nc(-c3ccco3)cs2)c(=O)c2ccc(C)nc21. The molecule has 9 nitrogen and oxygen atoms in total. The van der Waals surface area contributed by atoms with Gasteiger partial charge in [-0.2, -0.15) is 9.78 Å². The van der Waals surface area contributed by atoms with Crippen LogP contribution >= 0.6 is 11.3 Å². The van der Waals surface area contributed by atoms with E-state index in [1.165, 1.54) is 11.3 Å². The largest absolute Gasteiger partial charge is 0.463 e. The summed E-state index contributed by atoms with van der Waals surface area (Å²) in [7, 11) is 0. The molecule has 5 aromatic heterocycles. The van der Waals surface area contributed by atoms with Crippen molar-refractivity contribution >= 4 is 34.1 Å². The molecule has 0 saturated heterocycles. The van der Waals surface area contributed by atoms with E-state index in [0.717, 1.165) is 5.69 Å². The van der Waals surface area contributed by atoms with Gasteiger partial charge in [-0.3, -0.25) is 9.59 Å². The van der Waals surface area contributed by atoms with Crippen LogP contribution in [0, 0.1) is 13.8 Å². The number of carbonyl (C=O) groups excluding carboxylic acids is 1. The Labute approximate surface area is 192 Å². The highest BCUT2D eigenvalue weighted by atomic mass is 32.1. The highest BCUT2D eigenvalue weighted by molar-refractivity contribution is 7.12. The number of amides is 1. The first-order valence-electron chi connectivity index (χ1n) is 10.3. The predicted octanol–water partition coefficient (Wildman–Crippen LogP) is 4.19. The molecule has 0 aliphatic rings. The zero-order valence-corrected chi connectivity index (χ0v) is 19.0. The first-order chi connectivity index (χ1) is 15.9. The van der Waals surface area contributed by atoms with Crippen LogP contribution in [0.5, 0.6) is 0 Å². The van der Waals surface area contributed by atoms with Crippen molar-refractivity contribution in [2.45, 2.75) is 27.3 Å². The van der Waals surface area contributed by atoms with Gasteiger partial charge in [-0.25, -0.2) is 9.97 Å². The Balaban J connectivity index is 1.52. The molecule has 5 heterocycles. The van der Waals surface area contributed by atoms with Crippen molar-refractivity contribution in [3.63, 3.8) is 0 Å². The van der Waals surface area contributed by atoms with E-state index in [0.29, 0.717) is 45.7 Å². The van der Waals surface area contributed by atoms with E-state index in [9.17, 15) is 9.59 Å². The molecule has 0 unspecified atom stereocenters. The summed E-state index contributed by atoms with van der Waals surface area (Å²) in [6.07, 6.45) is 3.14. The maximum Gasteiger partial charge on any atom is 0.262 e. The Kier molecular flexibility index (Phi) is 5.14. The van der Waals surface area contributed by atoms with Crippen molar-refractivity contribution in [2.24, 2.45) is 0 Å². The molecule has 166 valence electrons. The van der Waals surface area contributed by atoms with Gasteiger partial charge < -0.3 is 14.3 Å². The van der Waals surface area contributed by atoms with E-state index in [4.69, 9.17) is 4.42 Å². The van der Waals surface area contributed by atoms with Gasteiger partial charge >= 0.3 is 0 Å². The van der Waals surface area contributed by atoms with E-state index in [2.05, 4.69) is 20.4 Å². The molecule has 0 radical (unpaired) electrons. The first kappa shape index (κ1) is 20.8. The molecule has 33 heavy (non-hydrogen) atoms.